The van der Waals surface area contributed by atoms with Crippen LogP contribution in [-0.2, 0) is 16.0 Å². The fraction of sp³-hybridized carbons (Fsp3) is 0.533. The van der Waals surface area contributed by atoms with Gasteiger partial charge in [0.25, 0.3) is 0 Å². The van der Waals surface area contributed by atoms with Crippen LogP contribution in [0.2, 0.25) is 0 Å². The Bertz CT molecular complexity index is 559. The van der Waals surface area contributed by atoms with Crippen LogP contribution in [0.3, 0.4) is 0 Å². The highest BCUT2D eigenvalue weighted by atomic mass is 16.5. The van der Waals surface area contributed by atoms with Crippen molar-refractivity contribution in [3.05, 3.63) is 23.8 Å². The summed E-state index contributed by atoms with van der Waals surface area (Å²) in [6.07, 6.45) is -0.172. The van der Waals surface area contributed by atoms with Gasteiger partial charge in [-0.15, -0.1) is 0 Å². The van der Waals surface area contributed by atoms with Gasteiger partial charge in [0.1, 0.15) is 17.7 Å². The molecular formula is C15H20N2O5. The standard InChI is InChI=1S/C15H20N2O5/c18-12-2-1-10(13(19)9-12)7-11-8-14(20)17(15(11)21)16-3-5-22-6-4-16/h1-2,9,11,14,18-20H,3-8H2. The van der Waals surface area contributed by atoms with E-state index in [2.05, 4.69) is 0 Å². The molecule has 2 heterocycles. The van der Waals surface area contributed by atoms with Crippen molar-refractivity contribution in [3.63, 3.8) is 0 Å². The molecule has 1 amide bonds. The molecule has 2 atom stereocenters. The number of ether oxygens (including phenoxy) is 1. The number of benzene rings is 1. The lowest BCUT2D eigenvalue weighted by Gasteiger charge is -2.36. The monoisotopic (exact) mass is 308 g/mol. The van der Waals surface area contributed by atoms with Gasteiger partial charge in [0, 0.05) is 31.5 Å². The van der Waals surface area contributed by atoms with Crippen molar-refractivity contribution in [2.45, 2.75) is 19.1 Å². The minimum atomic E-state index is -0.838. The molecule has 2 fully saturated rings. The lowest BCUT2D eigenvalue weighted by atomic mass is 9.97. The fourth-order valence-electron chi connectivity index (χ4n) is 3.05. The molecule has 3 rings (SSSR count). The minimum absolute atomic E-state index is 0.0195. The average Bonchev–Trinajstić information content (AvgIpc) is 2.77. The van der Waals surface area contributed by atoms with Crippen LogP contribution in [0.4, 0.5) is 0 Å². The third-order valence-electron chi connectivity index (χ3n) is 4.18. The van der Waals surface area contributed by atoms with Gasteiger partial charge >= 0.3 is 0 Å². The van der Waals surface area contributed by atoms with E-state index in [0.717, 1.165) is 0 Å². The van der Waals surface area contributed by atoms with Crippen molar-refractivity contribution in [1.29, 1.82) is 0 Å². The zero-order chi connectivity index (χ0) is 15.7. The first-order chi connectivity index (χ1) is 10.6. The molecule has 2 aliphatic rings. The van der Waals surface area contributed by atoms with Crippen LogP contribution in [0.1, 0.15) is 12.0 Å². The minimum Gasteiger partial charge on any atom is -0.508 e. The summed E-state index contributed by atoms with van der Waals surface area (Å²) >= 11 is 0. The molecule has 1 aromatic carbocycles. The quantitative estimate of drug-likeness (QED) is 0.731. The van der Waals surface area contributed by atoms with Crippen LogP contribution >= 0.6 is 0 Å². The summed E-state index contributed by atoms with van der Waals surface area (Å²) in [5.41, 5.74) is 0.590. The predicted octanol–water partition coefficient (Wildman–Crippen LogP) is 0.0544. The highest BCUT2D eigenvalue weighted by molar-refractivity contribution is 5.81. The Morgan fingerprint density at radius 2 is 1.95 bits per heavy atom. The number of hydrazine groups is 1. The first-order valence-corrected chi connectivity index (χ1v) is 7.41. The molecule has 0 radical (unpaired) electrons. The molecular weight excluding hydrogens is 288 g/mol. The van der Waals surface area contributed by atoms with E-state index in [1.54, 1.807) is 6.07 Å². The number of aliphatic hydroxyl groups is 1. The second-order valence-corrected chi connectivity index (χ2v) is 5.68. The van der Waals surface area contributed by atoms with Crippen LogP contribution in [0.25, 0.3) is 0 Å². The van der Waals surface area contributed by atoms with Gasteiger partial charge in [-0.05, 0) is 18.1 Å². The van der Waals surface area contributed by atoms with Crippen molar-refractivity contribution < 1.29 is 24.9 Å². The Morgan fingerprint density at radius 1 is 1.23 bits per heavy atom. The maximum absolute atomic E-state index is 12.6. The van der Waals surface area contributed by atoms with E-state index in [0.29, 0.717) is 44.7 Å². The number of phenols is 2. The Balaban J connectivity index is 1.71. The van der Waals surface area contributed by atoms with Gasteiger partial charge in [0.2, 0.25) is 5.91 Å². The summed E-state index contributed by atoms with van der Waals surface area (Å²) < 4.78 is 5.26. The van der Waals surface area contributed by atoms with Crippen molar-refractivity contribution >= 4 is 5.91 Å². The number of carbonyl (C=O) groups is 1. The van der Waals surface area contributed by atoms with Crippen LogP contribution in [0.15, 0.2) is 18.2 Å². The maximum atomic E-state index is 12.6. The SMILES string of the molecule is O=C1C(Cc2ccc(O)cc2O)CC(O)N1N1CCOCC1. The highest BCUT2D eigenvalue weighted by Crippen LogP contribution is 2.32. The number of morpholine rings is 1. The smallest absolute Gasteiger partial charge is 0.242 e. The van der Waals surface area contributed by atoms with Gasteiger partial charge in [-0.2, -0.15) is 0 Å². The number of rotatable bonds is 3. The lowest BCUT2D eigenvalue weighted by Crippen LogP contribution is -2.53. The molecule has 0 bridgehead atoms. The van der Waals surface area contributed by atoms with Gasteiger partial charge in [-0.3, -0.25) is 4.79 Å². The average molecular weight is 308 g/mol. The zero-order valence-electron chi connectivity index (χ0n) is 12.2. The first kappa shape index (κ1) is 15.1. The van der Waals surface area contributed by atoms with E-state index >= 15 is 0 Å². The molecule has 2 saturated heterocycles. The van der Waals surface area contributed by atoms with Gasteiger partial charge in [-0.1, -0.05) is 6.07 Å². The second kappa shape index (κ2) is 6.12. The molecule has 1 aromatic rings. The van der Waals surface area contributed by atoms with Crippen molar-refractivity contribution in [2.75, 3.05) is 26.3 Å². The normalized spacial score (nSPS) is 26.6. The fourth-order valence-corrected chi connectivity index (χ4v) is 3.05. The third-order valence-corrected chi connectivity index (χ3v) is 4.18. The summed E-state index contributed by atoms with van der Waals surface area (Å²) in [6.45, 7) is 2.25. The number of nitrogens with zero attached hydrogens (tertiary/aromatic N) is 2. The molecule has 0 aromatic heterocycles. The number of amides is 1. The van der Waals surface area contributed by atoms with Crippen molar-refractivity contribution in [2.24, 2.45) is 5.92 Å². The number of aromatic hydroxyl groups is 2. The summed E-state index contributed by atoms with van der Waals surface area (Å²) in [6, 6.07) is 4.33. The van der Waals surface area contributed by atoms with Crippen LogP contribution < -0.4 is 0 Å². The number of hydrogen-bond donors (Lipinski definition) is 3. The molecule has 0 spiro atoms. The summed E-state index contributed by atoms with van der Waals surface area (Å²) in [4.78, 5) is 12.6. The Hall–Kier alpha value is -1.83. The van der Waals surface area contributed by atoms with Crippen LogP contribution in [-0.4, -0.2) is 63.8 Å². The number of carbonyl (C=O) groups excluding carboxylic acids is 1. The Kier molecular flexibility index (Phi) is 4.19. The number of aliphatic hydroxyl groups excluding tert-OH is 1. The highest BCUT2D eigenvalue weighted by Gasteiger charge is 2.42. The van der Waals surface area contributed by atoms with Crippen LogP contribution in [0.5, 0.6) is 11.5 Å². The van der Waals surface area contributed by atoms with Crippen LogP contribution in [0, 0.1) is 5.92 Å². The zero-order valence-corrected chi connectivity index (χ0v) is 12.2. The van der Waals surface area contributed by atoms with E-state index < -0.39 is 6.23 Å². The van der Waals surface area contributed by atoms with E-state index in [1.807, 2.05) is 5.01 Å². The molecule has 120 valence electrons. The number of hydrogen-bond acceptors (Lipinski definition) is 6. The molecule has 3 N–H and O–H groups in total. The molecule has 2 unspecified atom stereocenters. The summed E-state index contributed by atoms with van der Waals surface area (Å²) in [7, 11) is 0. The largest absolute Gasteiger partial charge is 0.508 e. The molecule has 7 nitrogen and oxygen atoms in total. The maximum Gasteiger partial charge on any atom is 0.242 e. The molecule has 0 saturated carbocycles. The second-order valence-electron chi connectivity index (χ2n) is 5.68. The van der Waals surface area contributed by atoms with Crippen molar-refractivity contribution in [1.82, 2.24) is 10.0 Å². The molecule has 22 heavy (non-hydrogen) atoms. The molecule has 7 heteroatoms. The van der Waals surface area contributed by atoms with E-state index in [4.69, 9.17) is 4.74 Å². The van der Waals surface area contributed by atoms with Gasteiger partial charge in [0.05, 0.1) is 13.2 Å². The van der Waals surface area contributed by atoms with Gasteiger partial charge in [-0.25, -0.2) is 10.0 Å². The lowest BCUT2D eigenvalue weighted by molar-refractivity contribution is -0.175. The van der Waals surface area contributed by atoms with Crippen molar-refractivity contribution in [3.8, 4) is 11.5 Å². The Labute approximate surface area is 128 Å². The topological polar surface area (TPSA) is 93.5 Å². The predicted molar refractivity (Wildman–Crippen MR) is 76.8 cm³/mol. The van der Waals surface area contributed by atoms with Gasteiger partial charge in [0.15, 0.2) is 0 Å². The Morgan fingerprint density at radius 3 is 2.64 bits per heavy atom. The number of phenolic OH excluding ortho intramolecular Hbond substituents is 2. The van der Waals surface area contributed by atoms with E-state index in [1.165, 1.54) is 17.1 Å². The third kappa shape index (κ3) is 2.87. The molecule has 2 aliphatic heterocycles. The summed E-state index contributed by atoms with van der Waals surface area (Å²) in [5.74, 6) is -0.573. The van der Waals surface area contributed by atoms with Gasteiger partial charge < -0.3 is 20.1 Å². The van der Waals surface area contributed by atoms with E-state index in [-0.39, 0.29) is 23.3 Å². The first-order valence-electron chi connectivity index (χ1n) is 7.41. The van der Waals surface area contributed by atoms with E-state index in [9.17, 15) is 20.1 Å². The molecule has 0 aliphatic carbocycles. The summed E-state index contributed by atoms with van der Waals surface area (Å²) in [5, 5.41) is 32.6.